The van der Waals surface area contributed by atoms with Gasteiger partial charge in [-0.15, -0.1) is 0 Å². The normalized spacial score (nSPS) is 20.6. The van der Waals surface area contributed by atoms with Gasteiger partial charge in [-0.05, 0) is 55.9 Å². The molecule has 0 bridgehead atoms. The van der Waals surface area contributed by atoms with E-state index in [4.69, 9.17) is 5.73 Å². The molecule has 0 saturated heterocycles. The molecule has 1 aliphatic carbocycles. The highest BCUT2D eigenvalue weighted by Gasteiger charge is 2.21. The number of nitrogens with zero attached hydrogens (tertiary/aromatic N) is 1. The third-order valence-corrected chi connectivity index (χ3v) is 4.44. The Labute approximate surface area is 134 Å². The summed E-state index contributed by atoms with van der Waals surface area (Å²) in [6, 6.07) is 6.54. The molecule has 1 saturated carbocycles. The zero-order valence-electron chi connectivity index (χ0n) is 12.9. The maximum Gasteiger partial charge on any atom is 0.254 e. The third kappa shape index (κ3) is 3.76. The quantitative estimate of drug-likeness (QED) is 0.792. The number of hydrogen-bond acceptors (Lipinski definition) is 3. The molecular formula is C17H21FN4O. The molecule has 2 unspecified atom stereocenters. The van der Waals surface area contributed by atoms with Crippen LogP contribution in [0.15, 0.2) is 30.5 Å². The van der Waals surface area contributed by atoms with Crippen molar-refractivity contribution in [1.29, 1.82) is 0 Å². The van der Waals surface area contributed by atoms with E-state index in [1.807, 2.05) is 0 Å². The van der Waals surface area contributed by atoms with Gasteiger partial charge < -0.3 is 11.1 Å². The van der Waals surface area contributed by atoms with Crippen LogP contribution in [-0.4, -0.2) is 28.7 Å². The summed E-state index contributed by atoms with van der Waals surface area (Å²) >= 11 is 0. The lowest BCUT2D eigenvalue weighted by molar-refractivity contribution is 0.0947. The van der Waals surface area contributed by atoms with E-state index in [1.54, 1.807) is 24.4 Å². The summed E-state index contributed by atoms with van der Waals surface area (Å²) < 4.78 is 13.9. The van der Waals surface area contributed by atoms with E-state index in [0.717, 1.165) is 36.9 Å². The number of carbonyl (C=O) groups excluding carboxylic acids is 1. The molecule has 1 fully saturated rings. The third-order valence-electron chi connectivity index (χ3n) is 4.44. The first-order valence-electron chi connectivity index (χ1n) is 7.96. The molecule has 2 atom stereocenters. The Bertz CT molecular complexity index is 671. The van der Waals surface area contributed by atoms with Crippen molar-refractivity contribution >= 4 is 5.91 Å². The highest BCUT2D eigenvalue weighted by molar-refractivity contribution is 5.95. The fourth-order valence-electron chi connectivity index (χ4n) is 3.14. The molecule has 6 heteroatoms. The summed E-state index contributed by atoms with van der Waals surface area (Å²) in [5.74, 6) is -0.341. The smallest absolute Gasteiger partial charge is 0.254 e. The van der Waals surface area contributed by atoms with Gasteiger partial charge in [-0.2, -0.15) is 5.10 Å². The van der Waals surface area contributed by atoms with E-state index in [0.29, 0.717) is 18.5 Å². The summed E-state index contributed by atoms with van der Waals surface area (Å²) in [6.07, 6.45) is 5.69. The highest BCUT2D eigenvalue weighted by Crippen LogP contribution is 2.26. The van der Waals surface area contributed by atoms with Crippen molar-refractivity contribution in [3.63, 3.8) is 0 Å². The second kappa shape index (κ2) is 6.91. The van der Waals surface area contributed by atoms with Crippen LogP contribution in [-0.2, 0) is 0 Å². The molecule has 1 aliphatic rings. The number of carbonyl (C=O) groups is 1. The van der Waals surface area contributed by atoms with Gasteiger partial charge in [0, 0.05) is 24.3 Å². The van der Waals surface area contributed by atoms with Gasteiger partial charge in [-0.25, -0.2) is 4.39 Å². The van der Waals surface area contributed by atoms with E-state index >= 15 is 0 Å². The first-order valence-corrected chi connectivity index (χ1v) is 7.96. The molecule has 5 nitrogen and oxygen atoms in total. The molecule has 0 aliphatic heterocycles. The van der Waals surface area contributed by atoms with Crippen LogP contribution < -0.4 is 11.1 Å². The molecule has 1 amide bonds. The molecule has 3 rings (SSSR count). The Morgan fingerprint density at radius 3 is 2.96 bits per heavy atom. The van der Waals surface area contributed by atoms with Gasteiger partial charge in [0.2, 0.25) is 0 Å². The lowest BCUT2D eigenvalue weighted by Gasteiger charge is -2.11. The maximum absolute atomic E-state index is 13.9. The minimum absolute atomic E-state index is 0.0558. The predicted octanol–water partition coefficient (Wildman–Crippen LogP) is 2.46. The van der Waals surface area contributed by atoms with Crippen molar-refractivity contribution in [1.82, 2.24) is 15.5 Å². The summed E-state index contributed by atoms with van der Waals surface area (Å²) in [4.78, 5) is 12.2. The molecule has 0 spiro atoms. The van der Waals surface area contributed by atoms with Crippen molar-refractivity contribution in [2.75, 3.05) is 6.54 Å². The maximum atomic E-state index is 13.9. The number of aromatic amines is 1. The zero-order chi connectivity index (χ0) is 16.2. The Hall–Kier alpha value is -2.21. The summed E-state index contributed by atoms with van der Waals surface area (Å²) in [5.41, 5.74) is 7.42. The first kappa shape index (κ1) is 15.7. The molecule has 1 aromatic heterocycles. The van der Waals surface area contributed by atoms with Crippen LogP contribution in [0.25, 0.3) is 11.3 Å². The second-order valence-electron chi connectivity index (χ2n) is 6.15. The fourth-order valence-corrected chi connectivity index (χ4v) is 3.14. The summed E-state index contributed by atoms with van der Waals surface area (Å²) in [6.45, 7) is 0.546. The van der Waals surface area contributed by atoms with E-state index in [2.05, 4.69) is 15.5 Å². The van der Waals surface area contributed by atoms with Gasteiger partial charge in [0.1, 0.15) is 5.82 Å². The molecule has 1 aromatic carbocycles. The van der Waals surface area contributed by atoms with Crippen LogP contribution in [0.1, 0.15) is 36.0 Å². The average molecular weight is 316 g/mol. The van der Waals surface area contributed by atoms with Crippen molar-refractivity contribution in [2.45, 2.75) is 31.7 Å². The van der Waals surface area contributed by atoms with Crippen LogP contribution in [0, 0.1) is 11.7 Å². The predicted molar refractivity (Wildman–Crippen MR) is 86.2 cm³/mol. The van der Waals surface area contributed by atoms with Gasteiger partial charge in [0.05, 0.1) is 11.3 Å². The second-order valence-corrected chi connectivity index (χ2v) is 6.15. The summed E-state index contributed by atoms with van der Waals surface area (Å²) in [7, 11) is 0. The lowest BCUT2D eigenvalue weighted by Crippen LogP contribution is -2.26. The van der Waals surface area contributed by atoms with Gasteiger partial charge in [0.15, 0.2) is 0 Å². The van der Waals surface area contributed by atoms with Gasteiger partial charge in [-0.3, -0.25) is 9.89 Å². The van der Waals surface area contributed by atoms with Crippen molar-refractivity contribution in [2.24, 2.45) is 11.7 Å². The Morgan fingerprint density at radius 1 is 1.39 bits per heavy atom. The van der Waals surface area contributed by atoms with E-state index in [-0.39, 0.29) is 11.5 Å². The Balaban J connectivity index is 1.61. The monoisotopic (exact) mass is 316 g/mol. The minimum Gasteiger partial charge on any atom is -0.352 e. The van der Waals surface area contributed by atoms with Crippen LogP contribution in [0.4, 0.5) is 4.39 Å². The molecule has 2 aromatic rings. The number of amides is 1. The molecule has 23 heavy (non-hydrogen) atoms. The Kier molecular flexibility index (Phi) is 4.71. The first-order chi connectivity index (χ1) is 11.1. The van der Waals surface area contributed by atoms with Crippen molar-refractivity contribution in [3.05, 3.63) is 41.8 Å². The van der Waals surface area contributed by atoms with Crippen LogP contribution in [0.2, 0.25) is 0 Å². The topological polar surface area (TPSA) is 83.8 Å². The van der Waals surface area contributed by atoms with Crippen LogP contribution in [0.3, 0.4) is 0 Å². The number of halogens is 1. The minimum atomic E-state index is -0.520. The molecule has 122 valence electrons. The lowest BCUT2D eigenvalue weighted by atomic mass is 10.0. The number of rotatable bonds is 5. The highest BCUT2D eigenvalue weighted by atomic mass is 19.1. The summed E-state index contributed by atoms with van der Waals surface area (Å²) in [5, 5.41) is 9.48. The van der Waals surface area contributed by atoms with Gasteiger partial charge in [0.25, 0.3) is 5.91 Å². The number of aromatic nitrogens is 2. The van der Waals surface area contributed by atoms with E-state index < -0.39 is 5.82 Å². The van der Waals surface area contributed by atoms with Crippen molar-refractivity contribution in [3.8, 4) is 11.3 Å². The number of H-pyrrole nitrogens is 1. The zero-order valence-corrected chi connectivity index (χ0v) is 12.9. The number of nitrogens with one attached hydrogen (secondary N) is 2. The van der Waals surface area contributed by atoms with Crippen LogP contribution >= 0.6 is 0 Å². The Morgan fingerprint density at radius 2 is 2.26 bits per heavy atom. The fraction of sp³-hybridized carbons (Fsp3) is 0.412. The van der Waals surface area contributed by atoms with Crippen LogP contribution in [0.5, 0.6) is 0 Å². The van der Waals surface area contributed by atoms with Gasteiger partial charge >= 0.3 is 0 Å². The molecule has 0 radical (unpaired) electrons. The van der Waals surface area contributed by atoms with E-state index in [9.17, 15) is 9.18 Å². The number of benzene rings is 1. The molecule has 1 heterocycles. The van der Waals surface area contributed by atoms with Crippen molar-refractivity contribution < 1.29 is 9.18 Å². The molecular weight excluding hydrogens is 295 g/mol. The van der Waals surface area contributed by atoms with E-state index in [1.165, 1.54) is 6.07 Å². The largest absolute Gasteiger partial charge is 0.352 e. The number of nitrogens with two attached hydrogens (primary N) is 1. The van der Waals surface area contributed by atoms with Gasteiger partial charge in [-0.1, -0.05) is 0 Å². The molecule has 4 N–H and O–H groups in total. The standard InChI is InChI=1S/C17H21FN4O/c18-15-4-2-12(16-6-8-21-22-16)10-14(15)17(23)20-7-5-11-1-3-13(19)9-11/h2,4,6,8,10-11,13H,1,3,5,7,9,19H2,(H,20,23)(H,21,22). The average Bonchev–Trinajstić information content (AvgIpc) is 3.19. The number of hydrogen-bond donors (Lipinski definition) is 3. The SMILES string of the molecule is NC1CCC(CCNC(=O)c2cc(-c3ccn[nH]3)ccc2F)C1.